The smallest absolute Gasteiger partial charge is 0.139 e. The number of nitrogens with zero attached hydrogens (tertiary/aromatic N) is 3. The van der Waals surface area contributed by atoms with E-state index in [-0.39, 0.29) is 0 Å². The quantitative estimate of drug-likeness (QED) is 0.787. The zero-order valence-corrected chi connectivity index (χ0v) is 10.4. The van der Waals surface area contributed by atoms with E-state index < -0.39 is 0 Å². The fourth-order valence-electron chi connectivity index (χ4n) is 1.72. The van der Waals surface area contributed by atoms with E-state index in [1.54, 1.807) is 0 Å². The van der Waals surface area contributed by atoms with Crippen molar-refractivity contribution < 1.29 is 0 Å². The molecule has 0 N–H and O–H groups in total. The Kier molecular flexibility index (Phi) is 2.97. The van der Waals surface area contributed by atoms with Gasteiger partial charge in [0.1, 0.15) is 5.65 Å². The van der Waals surface area contributed by atoms with Crippen LogP contribution in [0.4, 0.5) is 0 Å². The summed E-state index contributed by atoms with van der Waals surface area (Å²) in [7, 11) is 2.13. The van der Waals surface area contributed by atoms with Crippen molar-refractivity contribution in [2.24, 2.45) is 0 Å². The first-order chi connectivity index (χ1) is 7.58. The Labute approximate surface area is 96.7 Å². The second kappa shape index (κ2) is 4.26. The van der Waals surface area contributed by atoms with Gasteiger partial charge in [0.05, 0.1) is 5.69 Å². The third-order valence-corrected chi connectivity index (χ3v) is 3.02. The van der Waals surface area contributed by atoms with E-state index in [4.69, 9.17) is 0 Å². The highest BCUT2D eigenvalue weighted by Crippen LogP contribution is 2.11. The van der Waals surface area contributed by atoms with Crippen LogP contribution in [0.5, 0.6) is 0 Å². The van der Waals surface area contributed by atoms with Crippen molar-refractivity contribution in [3.8, 4) is 0 Å². The molecule has 0 aliphatic heterocycles. The minimum absolute atomic E-state index is 0.547. The maximum Gasteiger partial charge on any atom is 0.139 e. The summed E-state index contributed by atoms with van der Waals surface area (Å²) < 4.78 is 2.10. The third kappa shape index (κ3) is 2.09. The van der Waals surface area contributed by atoms with Gasteiger partial charge in [-0.1, -0.05) is 6.07 Å². The molecule has 86 valence electrons. The maximum absolute atomic E-state index is 4.66. The normalized spacial score (nSPS) is 11.9. The molecule has 0 fully saturated rings. The highest BCUT2D eigenvalue weighted by atomic mass is 15.1. The molecule has 2 heterocycles. The highest BCUT2D eigenvalue weighted by molar-refractivity contribution is 5.47. The fraction of sp³-hybridized carbons (Fsp3) is 0.462. The molecule has 0 saturated heterocycles. The van der Waals surface area contributed by atoms with Crippen molar-refractivity contribution in [1.29, 1.82) is 0 Å². The maximum atomic E-state index is 4.66. The summed E-state index contributed by atoms with van der Waals surface area (Å²) in [4.78, 5) is 6.94. The summed E-state index contributed by atoms with van der Waals surface area (Å²) in [5.74, 6) is 0. The Morgan fingerprint density at radius 3 is 2.81 bits per heavy atom. The predicted octanol–water partition coefficient (Wildman–Crippen LogP) is 2.48. The van der Waals surface area contributed by atoms with Gasteiger partial charge in [0.15, 0.2) is 0 Å². The van der Waals surface area contributed by atoms with Crippen LogP contribution in [0.15, 0.2) is 24.5 Å². The summed E-state index contributed by atoms with van der Waals surface area (Å²) in [5.41, 5.74) is 3.42. The van der Waals surface area contributed by atoms with Gasteiger partial charge in [-0.3, -0.25) is 4.90 Å². The van der Waals surface area contributed by atoms with E-state index in [1.165, 1.54) is 5.56 Å². The minimum atomic E-state index is 0.547. The second-order valence-corrected chi connectivity index (χ2v) is 4.66. The molecule has 0 aromatic carbocycles. The van der Waals surface area contributed by atoms with Gasteiger partial charge in [0.2, 0.25) is 0 Å². The summed E-state index contributed by atoms with van der Waals surface area (Å²) in [6.45, 7) is 7.39. The molecular formula is C13H19N3. The number of rotatable bonds is 3. The molecule has 0 aliphatic carbocycles. The lowest BCUT2D eigenvalue weighted by Gasteiger charge is -2.19. The zero-order valence-electron chi connectivity index (χ0n) is 10.4. The number of fused-ring (bicyclic) bond motifs is 1. The Balaban J connectivity index is 2.30. The second-order valence-electron chi connectivity index (χ2n) is 4.66. The molecule has 0 bridgehead atoms. The zero-order chi connectivity index (χ0) is 11.7. The highest BCUT2D eigenvalue weighted by Gasteiger charge is 2.08. The number of imidazole rings is 1. The van der Waals surface area contributed by atoms with Crippen molar-refractivity contribution in [2.75, 3.05) is 7.05 Å². The van der Waals surface area contributed by atoms with Gasteiger partial charge in [0.25, 0.3) is 0 Å². The topological polar surface area (TPSA) is 20.5 Å². The molecule has 2 aromatic rings. The molecule has 16 heavy (non-hydrogen) atoms. The standard InChI is InChI=1S/C13H19N3/c1-10(2)15(4)8-12-9-16-7-5-6-11(3)13(16)14-12/h5-7,9-10H,8H2,1-4H3. The molecule has 0 saturated carbocycles. The summed E-state index contributed by atoms with van der Waals surface area (Å²) >= 11 is 0. The number of pyridine rings is 1. The lowest BCUT2D eigenvalue weighted by molar-refractivity contribution is 0.263. The Morgan fingerprint density at radius 2 is 2.19 bits per heavy atom. The van der Waals surface area contributed by atoms with E-state index in [9.17, 15) is 0 Å². The van der Waals surface area contributed by atoms with Gasteiger partial charge < -0.3 is 4.40 Å². The lowest BCUT2D eigenvalue weighted by atomic mass is 10.3. The molecule has 0 aliphatic rings. The first-order valence-electron chi connectivity index (χ1n) is 5.71. The number of aryl methyl sites for hydroxylation is 1. The van der Waals surface area contributed by atoms with E-state index in [0.717, 1.165) is 17.9 Å². The van der Waals surface area contributed by atoms with Crippen LogP contribution in [-0.2, 0) is 6.54 Å². The van der Waals surface area contributed by atoms with Crippen LogP contribution < -0.4 is 0 Å². The summed E-state index contributed by atoms with van der Waals surface area (Å²) in [6, 6.07) is 4.70. The predicted molar refractivity (Wildman–Crippen MR) is 66.5 cm³/mol. The monoisotopic (exact) mass is 217 g/mol. The SMILES string of the molecule is Cc1cccn2cc(CN(C)C(C)C)nc12. The number of hydrogen-bond acceptors (Lipinski definition) is 2. The van der Waals surface area contributed by atoms with Crippen LogP contribution in [0.1, 0.15) is 25.1 Å². The largest absolute Gasteiger partial charge is 0.307 e. The van der Waals surface area contributed by atoms with Crippen LogP contribution in [0, 0.1) is 6.92 Å². The molecule has 2 aromatic heterocycles. The van der Waals surface area contributed by atoms with Gasteiger partial charge in [-0.25, -0.2) is 4.98 Å². The van der Waals surface area contributed by atoms with Crippen LogP contribution in [-0.4, -0.2) is 27.4 Å². The van der Waals surface area contributed by atoms with Gasteiger partial charge in [-0.15, -0.1) is 0 Å². The first-order valence-corrected chi connectivity index (χ1v) is 5.71. The fourth-order valence-corrected chi connectivity index (χ4v) is 1.72. The molecule has 3 nitrogen and oxygen atoms in total. The molecule has 0 unspecified atom stereocenters. The molecule has 0 amide bonds. The van der Waals surface area contributed by atoms with E-state index in [2.05, 4.69) is 60.4 Å². The first kappa shape index (κ1) is 11.1. The summed E-state index contributed by atoms with van der Waals surface area (Å²) in [6.07, 6.45) is 4.16. The molecule has 0 spiro atoms. The van der Waals surface area contributed by atoms with Crippen molar-refractivity contribution in [3.05, 3.63) is 35.8 Å². The number of hydrogen-bond donors (Lipinski definition) is 0. The third-order valence-electron chi connectivity index (χ3n) is 3.02. The van der Waals surface area contributed by atoms with Crippen LogP contribution >= 0.6 is 0 Å². The molecule has 0 radical (unpaired) electrons. The van der Waals surface area contributed by atoms with Crippen LogP contribution in [0.3, 0.4) is 0 Å². The van der Waals surface area contributed by atoms with Gasteiger partial charge in [-0.2, -0.15) is 0 Å². The Hall–Kier alpha value is -1.35. The molecule has 2 rings (SSSR count). The Morgan fingerprint density at radius 1 is 1.44 bits per heavy atom. The van der Waals surface area contributed by atoms with Crippen molar-refractivity contribution in [3.63, 3.8) is 0 Å². The molecular weight excluding hydrogens is 198 g/mol. The molecule has 0 atom stereocenters. The van der Waals surface area contributed by atoms with Crippen LogP contribution in [0.2, 0.25) is 0 Å². The summed E-state index contributed by atoms with van der Waals surface area (Å²) in [5, 5.41) is 0. The lowest BCUT2D eigenvalue weighted by Crippen LogP contribution is -2.25. The number of aromatic nitrogens is 2. The van der Waals surface area contributed by atoms with E-state index in [0.29, 0.717) is 6.04 Å². The minimum Gasteiger partial charge on any atom is -0.307 e. The average Bonchev–Trinajstić information content (AvgIpc) is 2.61. The van der Waals surface area contributed by atoms with Gasteiger partial charge >= 0.3 is 0 Å². The Bertz CT molecular complexity index is 485. The van der Waals surface area contributed by atoms with E-state index in [1.807, 2.05) is 6.20 Å². The van der Waals surface area contributed by atoms with Crippen molar-refractivity contribution in [1.82, 2.24) is 14.3 Å². The van der Waals surface area contributed by atoms with Crippen molar-refractivity contribution >= 4 is 5.65 Å². The van der Waals surface area contributed by atoms with Crippen molar-refractivity contribution in [2.45, 2.75) is 33.4 Å². The molecule has 3 heteroatoms. The average molecular weight is 217 g/mol. The van der Waals surface area contributed by atoms with E-state index >= 15 is 0 Å². The van der Waals surface area contributed by atoms with Gasteiger partial charge in [0, 0.05) is 25.0 Å². The van der Waals surface area contributed by atoms with Crippen LogP contribution in [0.25, 0.3) is 5.65 Å². The van der Waals surface area contributed by atoms with Gasteiger partial charge in [-0.05, 0) is 39.4 Å².